The maximum absolute atomic E-state index is 12.8. The van der Waals surface area contributed by atoms with Crippen molar-refractivity contribution in [3.8, 4) is 0 Å². The molecule has 0 saturated carbocycles. The molecule has 2 heterocycles. The number of piperazine rings is 1. The zero-order valence-corrected chi connectivity index (χ0v) is 13.0. The van der Waals surface area contributed by atoms with E-state index in [2.05, 4.69) is 16.9 Å². The van der Waals surface area contributed by atoms with Gasteiger partial charge in [-0.1, -0.05) is 25.1 Å². The number of amides is 1. The molecule has 0 N–H and O–H groups in total. The summed E-state index contributed by atoms with van der Waals surface area (Å²) in [5.74, 6) is -0.0949. The minimum atomic E-state index is -0.178. The molecule has 2 aromatic rings. The number of carbonyl (C=O) groups is 1. The summed E-state index contributed by atoms with van der Waals surface area (Å²) >= 11 is 0. The quantitative estimate of drug-likeness (QED) is 0.820. The van der Waals surface area contributed by atoms with Crippen molar-refractivity contribution in [1.82, 2.24) is 19.6 Å². The molecule has 6 nitrogen and oxygen atoms in total. The largest absolute Gasteiger partial charge is 0.335 e. The standard InChI is InChI=1S/C16H20N4O2/c1-3-19-8-10-20(11-9-19)16(22)14-12-6-4-5-7-13(12)15(21)18(2)17-14/h4-7H,3,8-11H2,1-2H3. The summed E-state index contributed by atoms with van der Waals surface area (Å²) in [5.41, 5.74) is 0.186. The van der Waals surface area contributed by atoms with E-state index in [0.717, 1.165) is 19.6 Å². The number of likely N-dealkylation sites (N-methyl/N-ethyl adjacent to an activating group) is 1. The molecule has 0 spiro atoms. The highest BCUT2D eigenvalue weighted by molar-refractivity contribution is 6.04. The minimum absolute atomic E-state index is 0.0949. The molecule has 3 rings (SSSR count). The van der Waals surface area contributed by atoms with Crippen LogP contribution in [0.1, 0.15) is 17.4 Å². The van der Waals surface area contributed by atoms with E-state index in [-0.39, 0.29) is 11.5 Å². The normalized spacial score (nSPS) is 16.2. The molecule has 0 unspecified atom stereocenters. The molecule has 1 aromatic heterocycles. The summed E-state index contributed by atoms with van der Waals surface area (Å²) < 4.78 is 1.25. The number of rotatable bonds is 2. The third-order valence-electron chi connectivity index (χ3n) is 4.27. The van der Waals surface area contributed by atoms with Crippen molar-refractivity contribution < 1.29 is 4.79 Å². The monoisotopic (exact) mass is 300 g/mol. The van der Waals surface area contributed by atoms with Crippen molar-refractivity contribution in [3.05, 3.63) is 40.3 Å². The Morgan fingerprint density at radius 3 is 2.41 bits per heavy atom. The van der Waals surface area contributed by atoms with E-state index in [1.807, 2.05) is 11.0 Å². The van der Waals surface area contributed by atoms with Crippen LogP contribution in [0.25, 0.3) is 10.8 Å². The maximum atomic E-state index is 12.8. The van der Waals surface area contributed by atoms with Gasteiger partial charge in [-0.05, 0) is 12.6 Å². The Balaban J connectivity index is 1.98. The highest BCUT2D eigenvalue weighted by atomic mass is 16.2. The second kappa shape index (κ2) is 5.88. The molecule has 22 heavy (non-hydrogen) atoms. The molecule has 6 heteroatoms. The Kier molecular flexibility index (Phi) is 3.94. The first-order valence-electron chi connectivity index (χ1n) is 7.59. The summed E-state index contributed by atoms with van der Waals surface area (Å²) in [6.07, 6.45) is 0. The van der Waals surface area contributed by atoms with E-state index >= 15 is 0 Å². The molecule has 0 atom stereocenters. The van der Waals surface area contributed by atoms with Gasteiger partial charge in [0.15, 0.2) is 5.69 Å². The second-order valence-corrected chi connectivity index (χ2v) is 5.55. The molecule has 0 radical (unpaired) electrons. The summed E-state index contributed by atoms with van der Waals surface area (Å²) in [6.45, 7) is 6.29. The van der Waals surface area contributed by atoms with Crippen LogP contribution in [0.4, 0.5) is 0 Å². The first-order valence-corrected chi connectivity index (χ1v) is 7.59. The van der Waals surface area contributed by atoms with E-state index < -0.39 is 0 Å². The minimum Gasteiger partial charge on any atom is -0.335 e. The van der Waals surface area contributed by atoms with Crippen LogP contribution in [0.2, 0.25) is 0 Å². The molecule has 1 aliphatic rings. The van der Waals surface area contributed by atoms with Crippen molar-refractivity contribution in [2.24, 2.45) is 7.05 Å². The molecule has 1 amide bonds. The SMILES string of the molecule is CCN1CCN(C(=O)c2nn(C)c(=O)c3ccccc23)CC1. The fourth-order valence-electron chi connectivity index (χ4n) is 2.87. The molecule has 1 aliphatic heterocycles. The highest BCUT2D eigenvalue weighted by Gasteiger charge is 2.24. The smallest absolute Gasteiger partial charge is 0.275 e. The van der Waals surface area contributed by atoms with Crippen LogP contribution in [-0.2, 0) is 7.05 Å². The Morgan fingerprint density at radius 1 is 1.14 bits per heavy atom. The lowest BCUT2D eigenvalue weighted by Crippen LogP contribution is -2.49. The van der Waals surface area contributed by atoms with Gasteiger partial charge in [-0.15, -0.1) is 0 Å². The van der Waals surface area contributed by atoms with Gasteiger partial charge in [-0.3, -0.25) is 9.59 Å². The van der Waals surface area contributed by atoms with Gasteiger partial charge in [-0.2, -0.15) is 5.10 Å². The molecule has 116 valence electrons. The van der Waals surface area contributed by atoms with Crippen molar-refractivity contribution in [1.29, 1.82) is 0 Å². The molecule has 0 aliphatic carbocycles. The average Bonchev–Trinajstić information content (AvgIpc) is 2.57. The third-order valence-corrected chi connectivity index (χ3v) is 4.27. The van der Waals surface area contributed by atoms with Crippen molar-refractivity contribution >= 4 is 16.7 Å². The number of benzene rings is 1. The van der Waals surface area contributed by atoms with Gasteiger partial charge in [0, 0.05) is 38.6 Å². The van der Waals surface area contributed by atoms with Gasteiger partial charge < -0.3 is 9.80 Å². The van der Waals surface area contributed by atoms with E-state index in [1.54, 1.807) is 25.2 Å². The highest BCUT2D eigenvalue weighted by Crippen LogP contribution is 2.16. The fourth-order valence-corrected chi connectivity index (χ4v) is 2.87. The van der Waals surface area contributed by atoms with Crippen LogP contribution in [0.3, 0.4) is 0 Å². The lowest BCUT2D eigenvalue weighted by atomic mass is 10.1. The van der Waals surface area contributed by atoms with Crippen LogP contribution < -0.4 is 5.56 Å². The zero-order valence-electron chi connectivity index (χ0n) is 13.0. The van der Waals surface area contributed by atoms with Crippen LogP contribution in [0.5, 0.6) is 0 Å². The number of hydrogen-bond acceptors (Lipinski definition) is 4. The van der Waals surface area contributed by atoms with Crippen molar-refractivity contribution in [2.45, 2.75) is 6.92 Å². The predicted molar refractivity (Wildman–Crippen MR) is 85.0 cm³/mol. The number of fused-ring (bicyclic) bond motifs is 1. The van der Waals surface area contributed by atoms with Crippen LogP contribution in [0.15, 0.2) is 29.1 Å². The van der Waals surface area contributed by atoms with Gasteiger partial charge in [0.25, 0.3) is 11.5 Å². The Bertz CT molecular complexity index is 760. The zero-order chi connectivity index (χ0) is 15.7. The average molecular weight is 300 g/mol. The van der Waals surface area contributed by atoms with Gasteiger partial charge >= 0.3 is 0 Å². The van der Waals surface area contributed by atoms with E-state index in [0.29, 0.717) is 29.6 Å². The van der Waals surface area contributed by atoms with Crippen molar-refractivity contribution in [3.63, 3.8) is 0 Å². The lowest BCUT2D eigenvalue weighted by molar-refractivity contribution is 0.0637. The van der Waals surface area contributed by atoms with E-state index in [4.69, 9.17) is 0 Å². The number of hydrogen-bond donors (Lipinski definition) is 0. The molecule has 1 saturated heterocycles. The van der Waals surface area contributed by atoms with Gasteiger partial charge in [0.2, 0.25) is 0 Å². The van der Waals surface area contributed by atoms with Crippen molar-refractivity contribution in [2.75, 3.05) is 32.7 Å². The third kappa shape index (κ3) is 2.50. The van der Waals surface area contributed by atoms with Crippen LogP contribution in [-0.4, -0.2) is 58.2 Å². The van der Waals surface area contributed by atoms with E-state index in [9.17, 15) is 9.59 Å². The molecular formula is C16H20N4O2. The molecule has 1 aromatic carbocycles. The first kappa shape index (κ1) is 14.7. The Morgan fingerprint density at radius 2 is 1.77 bits per heavy atom. The molecule has 0 bridgehead atoms. The summed E-state index contributed by atoms with van der Waals surface area (Å²) in [7, 11) is 1.58. The van der Waals surface area contributed by atoms with E-state index in [1.165, 1.54) is 4.68 Å². The summed E-state index contributed by atoms with van der Waals surface area (Å²) in [6, 6.07) is 7.16. The lowest BCUT2D eigenvalue weighted by Gasteiger charge is -2.34. The number of aromatic nitrogens is 2. The Hall–Kier alpha value is -2.21. The van der Waals surface area contributed by atoms with Crippen LogP contribution in [0, 0.1) is 0 Å². The fraction of sp³-hybridized carbons (Fsp3) is 0.438. The number of aryl methyl sites for hydroxylation is 1. The molecular weight excluding hydrogens is 280 g/mol. The molecule has 1 fully saturated rings. The summed E-state index contributed by atoms with van der Waals surface area (Å²) in [4.78, 5) is 29.1. The maximum Gasteiger partial charge on any atom is 0.275 e. The topological polar surface area (TPSA) is 58.4 Å². The summed E-state index contributed by atoms with van der Waals surface area (Å²) in [5, 5.41) is 5.38. The van der Waals surface area contributed by atoms with Gasteiger partial charge in [-0.25, -0.2) is 4.68 Å². The number of carbonyl (C=O) groups excluding carboxylic acids is 1. The Labute approximate surface area is 128 Å². The first-order chi connectivity index (χ1) is 10.6. The second-order valence-electron chi connectivity index (χ2n) is 5.55. The predicted octanol–water partition coefficient (Wildman–Crippen LogP) is 0.711. The number of nitrogens with zero attached hydrogens (tertiary/aromatic N) is 4. The van der Waals surface area contributed by atoms with Crippen LogP contribution >= 0.6 is 0 Å². The van der Waals surface area contributed by atoms with Gasteiger partial charge in [0.1, 0.15) is 0 Å². The van der Waals surface area contributed by atoms with Gasteiger partial charge in [0.05, 0.1) is 5.39 Å².